The molecular weight excluding hydrogens is 263 g/mol. The Morgan fingerprint density at radius 1 is 1.25 bits per heavy atom. The lowest BCUT2D eigenvalue weighted by atomic mass is 10.1. The van der Waals surface area contributed by atoms with Crippen molar-refractivity contribution in [2.24, 2.45) is 5.92 Å². The van der Waals surface area contributed by atoms with Gasteiger partial charge in [-0.2, -0.15) is 0 Å². The van der Waals surface area contributed by atoms with E-state index < -0.39 is 23.7 Å². The molecule has 0 spiro atoms. The number of anilines is 1. The van der Waals surface area contributed by atoms with E-state index in [1.807, 2.05) is 13.8 Å². The second kappa shape index (κ2) is 7.59. The van der Waals surface area contributed by atoms with E-state index in [0.29, 0.717) is 12.2 Å². The average Bonchev–Trinajstić information content (AvgIpc) is 2.36. The molecule has 110 valence electrons. The quantitative estimate of drug-likeness (QED) is 0.713. The van der Waals surface area contributed by atoms with Crippen molar-refractivity contribution < 1.29 is 19.1 Å². The Hall–Kier alpha value is -1.95. The Kier molecular flexibility index (Phi) is 6.11. The number of nitrogens with one attached hydrogen (secondary N) is 2. The standard InChI is InChI=1S/C14H19FN2O3/c1-9(2)8-16-12(14(19)20)7-13(18)17-11-5-3-10(15)4-6-11/h3-6,9,12,16H,7-8H2,1-2H3,(H,17,18)(H,19,20)/t12-/m0/s1. The molecule has 5 nitrogen and oxygen atoms in total. The maximum atomic E-state index is 12.7. The van der Waals surface area contributed by atoms with Gasteiger partial charge in [0.2, 0.25) is 5.91 Å². The maximum Gasteiger partial charge on any atom is 0.321 e. The first kappa shape index (κ1) is 16.1. The first-order valence-electron chi connectivity index (χ1n) is 6.40. The van der Waals surface area contributed by atoms with Crippen molar-refractivity contribution in [2.45, 2.75) is 26.3 Å². The van der Waals surface area contributed by atoms with E-state index in [-0.39, 0.29) is 12.3 Å². The molecule has 0 aromatic heterocycles. The number of rotatable bonds is 7. The van der Waals surface area contributed by atoms with Gasteiger partial charge in [0, 0.05) is 5.69 Å². The van der Waals surface area contributed by atoms with Gasteiger partial charge in [-0.3, -0.25) is 9.59 Å². The summed E-state index contributed by atoms with van der Waals surface area (Å²) in [7, 11) is 0. The second-order valence-corrected chi connectivity index (χ2v) is 4.95. The minimum atomic E-state index is -1.07. The monoisotopic (exact) mass is 282 g/mol. The van der Waals surface area contributed by atoms with Gasteiger partial charge in [0.15, 0.2) is 0 Å². The molecule has 0 saturated carbocycles. The van der Waals surface area contributed by atoms with Crippen LogP contribution in [0.15, 0.2) is 24.3 Å². The molecule has 1 aromatic carbocycles. The molecule has 1 atom stereocenters. The fourth-order valence-corrected chi connectivity index (χ4v) is 1.56. The van der Waals surface area contributed by atoms with Crippen molar-refractivity contribution in [2.75, 3.05) is 11.9 Å². The highest BCUT2D eigenvalue weighted by Gasteiger charge is 2.20. The summed E-state index contributed by atoms with van der Waals surface area (Å²) in [6.07, 6.45) is -0.181. The molecule has 0 aliphatic rings. The van der Waals surface area contributed by atoms with E-state index >= 15 is 0 Å². The summed E-state index contributed by atoms with van der Waals surface area (Å²) in [5, 5.41) is 14.4. The van der Waals surface area contributed by atoms with Crippen molar-refractivity contribution >= 4 is 17.6 Å². The minimum absolute atomic E-state index is 0.181. The van der Waals surface area contributed by atoms with Crippen LogP contribution < -0.4 is 10.6 Å². The van der Waals surface area contributed by atoms with Crippen LogP contribution in [-0.4, -0.2) is 29.6 Å². The lowest BCUT2D eigenvalue weighted by Gasteiger charge is -2.15. The van der Waals surface area contributed by atoms with Crippen molar-refractivity contribution in [3.05, 3.63) is 30.1 Å². The zero-order valence-corrected chi connectivity index (χ0v) is 11.5. The summed E-state index contributed by atoms with van der Waals surface area (Å²) < 4.78 is 12.7. The molecule has 3 N–H and O–H groups in total. The lowest BCUT2D eigenvalue weighted by Crippen LogP contribution is -2.41. The Labute approximate surface area is 117 Å². The molecule has 6 heteroatoms. The highest BCUT2D eigenvalue weighted by Crippen LogP contribution is 2.09. The van der Waals surface area contributed by atoms with Crippen molar-refractivity contribution in [1.29, 1.82) is 0 Å². The third-order valence-corrected chi connectivity index (χ3v) is 2.59. The predicted molar refractivity (Wildman–Crippen MR) is 73.9 cm³/mol. The highest BCUT2D eigenvalue weighted by molar-refractivity contribution is 5.93. The van der Waals surface area contributed by atoms with Crippen molar-refractivity contribution in [3.63, 3.8) is 0 Å². The number of carbonyl (C=O) groups excluding carboxylic acids is 1. The van der Waals surface area contributed by atoms with Gasteiger partial charge in [0.05, 0.1) is 6.42 Å². The maximum absolute atomic E-state index is 12.7. The molecule has 0 unspecified atom stereocenters. The fraction of sp³-hybridized carbons (Fsp3) is 0.429. The van der Waals surface area contributed by atoms with Crippen LogP contribution in [0.2, 0.25) is 0 Å². The smallest absolute Gasteiger partial charge is 0.321 e. The number of hydrogen-bond acceptors (Lipinski definition) is 3. The summed E-state index contributed by atoms with van der Waals surface area (Å²) in [6, 6.07) is 4.36. The Morgan fingerprint density at radius 3 is 2.35 bits per heavy atom. The number of hydrogen-bond donors (Lipinski definition) is 3. The van der Waals surface area contributed by atoms with E-state index in [1.54, 1.807) is 0 Å². The topological polar surface area (TPSA) is 78.4 Å². The van der Waals surface area contributed by atoms with Crippen LogP contribution in [0.4, 0.5) is 10.1 Å². The summed E-state index contributed by atoms with van der Waals surface area (Å²) >= 11 is 0. The van der Waals surface area contributed by atoms with Crippen LogP contribution in [0.3, 0.4) is 0 Å². The van der Waals surface area contributed by atoms with Crippen LogP contribution in [-0.2, 0) is 9.59 Å². The van der Waals surface area contributed by atoms with E-state index in [4.69, 9.17) is 5.11 Å². The van der Waals surface area contributed by atoms with E-state index in [9.17, 15) is 14.0 Å². The molecule has 1 amide bonds. The molecule has 20 heavy (non-hydrogen) atoms. The second-order valence-electron chi connectivity index (χ2n) is 4.95. The highest BCUT2D eigenvalue weighted by atomic mass is 19.1. The summed E-state index contributed by atoms with van der Waals surface area (Å²) in [4.78, 5) is 22.8. The SMILES string of the molecule is CC(C)CN[C@@H](CC(=O)Nc1ccc(F)cc1)C(=O)O. The molecule has 0 bridgehead atoms. The zero-order valence-electron chi connectivity index (χ0n) is 11.5. The molecular formula is C14H19FN2O3. The summed E-state index contributed by atoms with van der Waals surface area (Å²) in [5.74, 6) is -1.61. The van der Waals surface area contributed by atoms with Crippen LogP contribution in [0.25, 0.3) is 0 Å². The normalized spacial score (nSPS) is 12.2. The Morgan fingerprint density at radius 2 is 1.85 bits per heavy atom. The Bertz CT molecular complexity index is 460. The largest absolute Gasteiger partial charge is 0.480 e. The predicted octanol–water partition coefficient (Wildman–Crippen LogP) is 1.85. The van der Waals surface area contributed by atoms with E-state index in [2.05, 4.69) is 10.6 Å². The number of benzene rings is 1. The molecule has 0 heterocycles. The van der Waals surface area contributed by atoms with Crippen molar-refractivity contribution in [1.82, 2.24) is 5.32 Å². The number of carbonyl (C=O) groups is 2. The first-order valence-corrected chi connectivity index (χ1v) is 6.40. The zero-order chi connectivity index (χ0) is 15.1. The number of aliphatic carboxylic acids is 1. The molecule has 0 fully saturated rings. The van der Waals surface area contributed by atoms with Gasteiger partial charge in [-0.15, -0.1) is 0 Å². The van der Waals surface area contributed by atoms with Crippen LogP contribution >= 0.6 is 0 Å². The molecule has 0 aliphatic heterocycles. The van der Waals surface area contributed by atoms with Gasteiger partial charge >= 0.3 is 5.97 Å². The lowest BCUT2D eigenvalue weighted by molar-refractivity contribution is -0.141. The van der Waals surface area contributed by atoms with E-state index in [0.717, 1.165) is 0 Å². The average molecular weight is 282 g/mol. The third-order valence-electron chi connectivity index (χ3n) is 2.59. The van der Waals surface area contributed by atoms with Gasteiger partial charge in [-0.05, 0) is 36.7 Å². The molecule has 0 radical (unpaired) electrons. The molecule has 1 rings (SSSR count). The fourth-order valence-electron chi connectivity index (χ4n) is 1.56. The molecule has 1 aromatic rings. The molecule has 0 saturated heterocycles. The summed E-state index contributed by atoms with van der Waals surface area (Å²) in [6.45, 7) is 4.41. The number of amides is 1. The van der Waals surface area contributed by atoms with Crippen LogP contribution in [0.1, 0.15) is 20.3 Å². The van der Waals surface area contributed by atoms with E-state index in [1.165, 1.54) is 24.3 Å². The molecule has 0 aliphatic carbocycles. The van der Waals surface area contributed by atoms with Gasteiger partial charge in [0.25, 0.3) is 0 Å². The minimum Gasteiger partial charge on any atom is -0.480 e. The Balaban J connectivity index is 2.53. The number of halogens is 1. The van der Waals surface area contributed by atoms with Gasteiger partial charge in [-0.25, -0.2) is 4.39 Å². The first-order chi connectivity index (χ1) is 9.38. The number of carboxylic acid groups (broad SMARTS) is 1. The number of carboxylic acids is 1. The van der Waals surface area contributed by atoms with Gasteiger partial charge in [0.1, 0.15) is 11.9 Å². The third kappa shape index (κ3) is 5.79. The van der Waals surface area contributed by atoms with Crippen molar-refractivity contribution in [3.8, 4) is 0 Å². The summed E-state index contributed by atoms with van der Waals surface area (Å²) in [5.41, 5.74) is 0.435. The van der Waals surface area contributed by atoms with Gasteiger partial charge < -0.3 is 15.7 Å². The van der Waals surface area contributed by atoms with Gasteiger partial charge in [-0.1, -0.05) is 13.8 Å². The van der Waals surface area contributed by atoms with Crippen LogP contribution in [0, 0.1) is 11.7 Å². The van der Waals surface area contributed by atoms with Crippen LogP contribution in [0.5, 0.6) is 0 Å².